The van der Waals surface area contributed by atoms with Crippen LogP contribution in [-0.4, -0.2) is 9.13 Å². The molecule has 2 aliphatic carbocycles. The quantitative estimate of drug-likeness (QED) is 0.169. The molecule has 0 saturated carbocycles. The summed E-state index contributed by atoms with van der Waals surface area (Å²) in [6.07, 6.45) is 0. The minimum atomic E-state index is -0.460. The summed E-state index contributed by atoms with van der Waals surface area (Å²) < 4.78 is 4.96. The van der Waals surface area contributed by atoms with E-state index < -0.39 is 5.41 Å². The molecule has 0 saturated heterocycles. The van der Waals surface area contributed by atoms with E-state index in [4.69, 9.17) is 0 Å². The molecule has 10 aromatic carbocycles. The van der Waals surface area contributed by atoms with Gasteiger partial charge in [0.25, 0.3) is 0 Å². The normalized spacial score (nSPS) is 13.1. The van der Waals surface area contributed by atoms with Crippen LogP contribution in [0.5, 0.6) is 0 Å². The summed E-state index contributed by atoms with van der Waals surface area (Å²) in [6, 6.07) is 87.6. The lowest BCUT2D eigenvalue weighted by molar-refractivity contribution is 0.793. The predicted octanol–water partition coefficient (Wildman–Crippen LogP) is 15.7. The van der Waals surface area contributed by atoms with Gasteiger partial charge in [-0.1, -0.05) is 170 Å². The fraction of sp³-hybridized carbons (Fsp3) is 0.0164. The maximum absolute atomic E-state index is 2.50. The molecule has 0 atom stereocenters. The molecule has 0 N–H and O–H groups in total. The summed E-state index contributed by atoms with van der Waals surface area (Å²) in [5.41, 5.74) is 20.3. The Labute approximate surface area is 371 Å². The number of para-hydroxylation sites is 5. The molecule has 0 unspecified atom stereocenters. The minimum absolute atomic E-state index is 0.460. The van der Waals surface area contributed by atoms with Crippen LogP contribution in [0.4, 0.5) is 17.1 Å². The second kappa shape index (κ2) is 13.3. The molecule has 2 aliphatic rings. The number of hydrogen-bond donors (Lipinski definition) is 0. The summed E-state index contributed by atoms with van der Waals surface area (Å²) in [6.45, 7) is 0. The Kier molecular flexibility index (Phi) is 7.32. The van der Waals surface area contributed by atoms with Crippen LogP contribution in [0.1, 0.15) is 22.3 Å². The Morgan fingerprint density at radius 3 is 1.33 bits per heavy atom. The molecular weight excluding hydrogens is 775 g/mol. The number of nitrogens with zero attached hydrogens (tertiary/aromatic N) is 3. The maximum Gasteiger partial charge on any atom is 0.0784 e. The molecule has 0 fully saturated rings. The van der Waals surface area contributed by atoms with Gasteiger partial charge in [0, 0.05) is 44.3 Å². The highest BCUT2D eigenvalue weighted by Crippen LogP contribution is 2.63. The summed E-state index contributed by atoms with van der Waals surface area (Å²) >= 11 is 0. The van der Waals surface area contributed by atoms with E-state index >= 15 is 0 Å². The smallest absolute Gasteiger partial charge is 0.0784 e. The number of fused-ring (bicyclic) bond motifs is 16. The first-order chi connectivity index (χ1) is 31.8. The Bertz CT molecular complexity index is 3740. The van der Waals surface area contributed by atoms with Crippen molar-refractivity contribution in [1.29, 1.82) is 0 Å². The molecule has 14 rings (SSSR count). The lowest BCUT2D eigenvalue weighted by Crippen LogP contribution is -2.26. The molecule has 0 amide bonds. The average Bonchev–Trinajstić information content (AvgIpc) is 4.07. The van der Waals surface area contributed by atoms with Gasteiger partial charge < -0.3 is 14.0 Å². The Morgan fingerprint density at radius 2 is 0.750 bits per heavy atom. The molecule has 0 bridgehead atoms. The van der Waals surface area contributed by atoms with Gasteiger partial charge in [-0.05, 0) is 111 Å². The first kappa shape index (κ1) is 35.2. The molecule has 298 valence electrons. The summed E-state index contributed by atoms with van der Waals surface area (Å²) in [7, 11) is 0. The molecule has 3 nitrogen and oxygen atoms in total. The maximum atomic E-state index is 2.50. The van der Waals surface area contributed by atoms with Crippen LogP contribution >= 0.6 is 0 Å². The molecule has 0 aliphatic heterocycles. The van der Waals surface area contributed by atoms with Crippen LogP contribution in [-0.2, 0) is 5.41 Å². The third-order valence-electron chi connectivity index (χ3n) is 14.1. The van der Waals surface area contributed by atoms with Crippen molar-refractivity contribution in [1.82, 2.24) is 9.13 Å². The van der Waals surface area contributed by atoms with Crippen molar-refractivity contribution in [2.75, 3.05) is 4.90 Å². The van der Waals surface area contributed by atoms with E-state index in [9.17, 15) is 0 Å². The van der Waals surface area contributed by atoms with Crippen LogP contribution in [0, 0.1) is 0 Å². The topological polar surface area (TPSA) is 13.1 Å². The standard InChI is InChI=1S/C61H39N3/c1-3-19-40(20-4-1)62(42-35-36-47-46-25-9-15-31-54(46)61(55(47)38-42)52-29-13-7-23-44(52)45-24-8-14-30-53(45)61)43-37-51-50-28-12-16-32-56(50)63(41-21-5-2-6-22-41)60(51)59(39-43)64-57-33-17-10-26-48(57)49-27-11-18-34-58(49)64/h1-39H. The molecular formula is C61H39N3. The SMILES string of the molecule is c1ccc(N(c2ccc3c(c2)C2(c4ccccc4-c4ccccc42)c2ccccc2-3)c2cc(-n3c4ccccc4c4ccccc43)c3c(c2)c2ccccc2n3-c2ccccc2)cc1. The highest BCUT2D eigenvalue weighted by Gasteiger charge is 2.51. The van der Waals surface area contributed by atoms with Gasteiger partial charge >= 0.3 is 0 Å². The molecule has 2 heterocycles. The first-order valence-electron chi connectivity index (χ1n) is 22.2. The number of benzene rings is 10. The van der Waals surface area contributed by atoms with Crippen LogP contribution in [0.3, 0.4) is 0 Å². The number of anilines is 3. The van der Waals surface area contributed by atoms with Gasteiger partial charge in [-0.15, -0.1) is 0 Å². The van der Waals surface area contributed by atoms with Gasteiger partial charge in [0.1, 0.15) is 0 Å². The van der Waals surface area contributed by atoms with Crippen molar-refractivity contribution in [2.24, 2.45) is 0 Å². The second-order valence-electron chi connectivity index (χ2n) is 17.2. The van der Waals surface area contributed by atoms with E-state index in [-0.39, 0.29) is 0 Å². The second-order valence-corrected chi connectivity index (χ2v) is 17.2. The Balaban J connectivity index is 1.11. The van der Waals surface area contributed by atoms with Crippen molar-refractivity contribution in [3.63, 3.8) is 0 Å². The van der Waals surface area contributed by atoms with Gasteiger partial charge in [0.2, 0.25) is 0 Å². The van der Waals surface area contributed by atoms with Crippen LogP contribution < -0.4 is 4.90 Å². The van der Waals surface area contributed by atoms with E-state index in [1.54, 1.807) is 0 Å². The summed E-state index contributed by atoms with van der Waals surface area (Å²) in [5, 5.41) is 4.87. The van der Waals surface area contributed by atoms with Crippen LogP contribution in [0.15, 0.2) is 237 Å². The zero-order valence-electron chi connectivity index (χ0n) is 34.9. The summed E-state index contributed by atoms with van der Waals surface area (Å²) in [5.74, 6) is 0. The first-order valence-corrected chi connectivity index (χ1v) is 22.2. The minimum Gasteiger partial charge on any atom is -0.310 e. The van der Waals surface area contributed by atoms with Crippen molar-refractivity contribution >= 4 is 60.7 Å². The van der Waals surface area contributed by atoms with Gasteiger partial charge in [0.15, 0.2) is 0 Å². The monoisotopic (exact) mass is 813 g/mol. The van der Waals surface area contributed by atoms with Gasteiger partial charge in [-0.2, -0.15) is 0 Å². The van der Waals surface area contributed by atoms with Crippen molar-refractivity contribution in [2.45, 2.75) is 5.41 Å². The fourth-order valence-corrected chi connectivity index (χ4v) is 11.6. The summed E-state index contributed by atoms with van der Waals surface area (Å²) in [4.78, 5) is 2.48. The van der Waals surface area contributed by atoms with Crippen molar-refractivity contribution in [3.8, 4) is 33.6 Å². The lowest BCUT2D eigenvalue weighted by Gasteiger charge is -2.32. The highest BCUT2D eigenvalue weighted by atomic mass is 15.1. The number of rotatable bonds is 5. The highest BCUT2D eigenvalue weighted by molar-refractivity contribution is 6.16. The zero-order valence-corrected chi connectivity index (χ0v) is 34.9. The van der Waals surface area contributed by atoms with E-state index in [1.165, 1.54) is 82.6 Å². The third kappa shape index (κ3) is 4.65. The zero-order chi connectivity index (χ0) is 41.9. The van der Waals surface area contributed by atoms with Crippen molar-refractivity contribution < 1.29 is 0 Å². The van der Waals surface area contributed by atoms with E-state index in [0.29, 0.717) is 0 Å². The van der Waals surface area contributed by atoms with Gasteiger partial charge in [0.05, 0.1) is 33.2 Å². The van der Waals surface area contributed by atoms with Crippen LogP contribution in [0.2, 0.25) is 0 Å². The number of aromatic nitrogens is 2. The van der Waals surface area contributed by atoms with E-state index in [2.05, 4.69) is 251 Å². The Morgan fingerprint density at radius 1 is 0.297 bits per heavy atom. The molecule has 64 heavy (non-hydrogen) atoms. The molecule has 2 aromatic heterocycles. The lowest BCUT2D eigenvalue weighted by atomic mass is 9.70. The molecule has 12 aromatic rings. The fourth-order valence-electron chi connectivity index (χ4n) is 11.6. The van der Waals surface area contributed by atoms with E-state index in [0.717, 1.165) is 34.0 Å². The van der Waals surface area contributed by atoms with Crippen LogP contribution in [0.25, 0.3) is 77.2 Å². The molecule has 0 radical (unpaired) electrons. The predicted molar refractivity (Wildman–Crippen MR) is 266 cm³/mol. The average molecular weight is 814 g/mol. The largest absolute Gasteiger partial charge is 0.310 e. The van der Waals surface area contributed by atoms with Gasteiger partial charge in [-0.3, -0.25) is 0 Å². The molecule has 1 spiro atoms. The third-order valence-corrected chi connectivity index (χ3v) is 14.1. The van der Waals surface area contributed by atoms with E-state index in [1.807, 2.05) is 0 Å². The van der Waals surface area contributed by atoms with Crippen molar-refractivity contribution in [3.05, 3.63) is 259 Å². The molecule has 3 heteroatoms. The van der Waals surface area contributed by atoms with Gasteiger partial charge in [-0.25, -0.2) is 0 Å². The number of hydrogen-bond acceptors (Lipinski definition) is 1. The Hall–Kier alpha value is -8.40.